The van der Waals surface area contributed by atoms with Crippen molar-refractivity contribution in [2.75, 3.05) is 5.73 Å². The first-order valence-electron chi connectivity index (χ1n) is 9.34. The van der Waals surface area contributed by atoms with Crippen LogP contribution in [0, 0.1) is 0 Å². The van der Waals surface area contributed by atoms with Gasteiger partial charge in [0.25, 0.3) is 5.91 Å². The van der Waals surface area contributed by atoms with Crippen LogP contribution in [0.5, 0.6) is 0 Å². The molecule has 0 spiro atoms. The molecule has 0 saturated heterocycles. The van der Waals surface area contributed by atoms with Crippen LogP contribution in [0.15, 0.2) is 78.9 Å². The van der Waals surface area contributed by atoms with Gasteiger partial charge in [-0.3, -0.25) is 9.59 Å². The first kappa shape index (κ1) is 21.9. The number of nitrogens with two attached hydrogens (primary N) is 2. The van der Waals surface area contributed by atoms with Gasteiger partial charge in [0.15, 0.2) is 0 Å². The molecule has 31 heavy (non-hydrogen) atoms. The maximum absolute atomic E-state index is 13.4. The molecule has 0 aromatic heterocycles. The van der Waals surface area contributed by atoms with Gasteiger partial charge >= 0.3 is 6.18 Å². The molecule has 3 rings (SSSR count). The Hall–Kier alpha value is -3.81. The van der Waals surface area contributed by atoms with E-state index in [1.165, 1.54) is 24.3 Å². The number of rotatable bonds is 6. The Bertz CT molecular complexity index is 1080. The molecule has 0 aliphatic heterocycles. The number of halogens is 3. The van der Waals surface area contributed by atoms with Crippen molar-refractivity contribution >= 4 is 17.5 Å². The fraction of sp³-hybridized carbons (Fsp3) is 0.130. The fourth-order valence-corrected chi connectivity index (χ4v) is 3.30. The van der Waals surface area contributed by atoms with E-state index in [2.05, 4.69) is 0 Å². The molecule has 160 valence electrons. The van der Waals surface area contributed by atoms with Crippen molar-refractivity contribution in [2.24, 2.45) is 5.73 Å². The molecule has 3 aromatic rings. The van der Waals surface area contributed by atoms with Crippen molar-refractivity contribution in [2.45, 2.75) is 18.8 Å². The molecule has 0 fully saturated rings. The van der Waals surface area contributed by atoms with E-state index in [-0.39, 0.29) is 23.4 Å². The van der Waals surface area contributed by atoms with Crippen molar-refractivity contribution in [3.05, 3.63) is 101 Å². The number of nitrogens with zero attached hydrogens (tertiary/aromatic N) is 1. The summed E-state index contributed by atoms with van der Waals surface area (Å²) in [6.07, 6.45) is -4.54. The maximum atomic E-state index is 13.4. The van der Waals surface area contributed by atoms with Crippen LogP contribution in [0.4, 0.5) is 18.9 Å². The highest BCUT2D eigenvalue weighted by Crippen LogP contribution is 2.31. The van der Waals surface area contributed by atoms with Gasteiger partial charge in [-0.2, -0.15) is 13.2 Å². The average molecular weight is 427 g/mol. The lowest BCUT2D eigenvalue weighted by atomic mass is 10.0. The molecule has 4 N–H and O–H groups in total. The molecule has 3 aromatic carbocycles. The number of para-hydroxylation sites is 1. The number of alkyl halides is 3. The van der Waals surface area contributed by atoms with E-state index < -0.39 is 29.6 Å². The van der Waals surface area contributed by atoms with Crippen LogP contribution in [0.3, 0.4) is 0 Å². The van der Waals surface area contributed by atoms with E-state index in [0.29, 0.717) is 5.56 Å². The van der Waals surface area contributed by atoms with E-state index in [1.54, 1.807) is 42.5 Å². The zero-order chi connectivity index (χ0) is 22.6. The van der Waals surface area contributed by atoms with Crippen molar-refractivity contribution in [1.29, 1.82) is 0 Å². The summed E-state index contributed by atoms with van der Waals surface area (Å²) in [6.45, 7) is -0.278. The Morgan fingerprint density at radius 3 is 2.16 bits per heavy atom. The van der Waals surface area contributed by atoms with E-state index in [1.807, 2.05) is 0 Å². The van der Waals surface area contributed by atoms with Crippen LogP contribution in [0.2, 0.25) is 0 Å². The second kappa shape index (κ2) is 8.91. The fourth-order valence-electron chi connectivity index (χ4n) is 3.30. The highest BCUT2D eigenvalue weighted by atomic mass is 19.4. The minimum absolute atomic E-state index is 0.122. The quantitative estimate of drug-likeness (QED) is 0.579. The molecule has 0 bridgehead atoms. The Balaban J connectivity index is 2.09. The van der Waals surface area contributed by atoms with Gasteiger partial charge in [-0.1, -0.05) is 54.6 Å². The highest BCUT2D eigenvalue weighted by molar-refractivity contribution is 6.01. The molecule has 8 heteroatoms. The highest BCUT2D eigenvalue weighted by Gasteiger charge is 2.33. The number of hydrogen-bond donors (Lipinski definition) is 2. The number of anilines is 1. The molecule has 0 saturated carbocycles. The lowest BCUT2D eigenvalue weighted by Crippen LogP contribution is -2.41. The smallest absolute Gasteiger partial charge is 0.398 e. The molecule has 2 amide bonds. The van der Waals surface area contributed by atoms with E-state index in [9.17, 15) is 22.8 Å². The summed E-state index contributed by atoms with van der Waals surface area (Å²) in [5.41, 5.74) is 11.6. The number of primary amides is 1. The molecule has 0 unspecified atom stereocenters. The molecular weight excluding hydrogens is 407 g/mol. The molecule has 0 aliphatic carbocycles. The average Bonchev–Trinajstić information content (AvgIpc) is 2.73. The van der Waals surface area contributed by atoms with Crippen LogP contribution in [-0.4, -0.2) is 16.7 Å². The minimum atomic E-state index is -4.54. The van der Waals surface area contributed by atoms with Gasteiger partial charge in [-0.15, -0.1) is 0 Å². The van der Waals surface area contributed by atoms with Gasteiger partial charge in [0, 0.05) is 12.2 Å². The zero-order valence-electron chi connectivity index (χ0n) is 16.3. The SMILES string of the molecule is NC(=O)[C@@H](c1ccccc1)N(Cc1cccc(C(F)(F)F)c1)C(=O)c1ccccc1N. The number of nitrogen functional groups attached to an aromatic ring is 1. The van der Waals surface area contributed by atoms with Crippen LogP contribution < -0.4 is 11.5 Å². The van der Waals surface area contributed by atoms with Gasteiger partial charge in [0.2, 0.25) is 5.91 Å². The summed E-state index contributed by atoms with van der Waals surface area (Å²) in [6, 6.07) is 18.0. The molecule has 0 heterocycles. The molecule has 0 aliphatic rings. The summed E-state index contributed by atoms with van der Waals surface area (Å²) >= 11 is 0. The van der Waals surface area contributed by atoms with E-state index in [0.717, 1.165) is 17.0 Å². The third-order valence-corrected chi connectivity index (χ3v) is 4.76. The number of carbonyl (C=O) groups is 2. The van der Waals surface area contributed by atoms with Gasteiger partial charge in [0.05, 0.1) is 11.1 Å². The van der Waals surface area contributed by atoms with E-state index in [4.69, 9.17) is 11.5 Å². The predicted octanol–water partition coefficient (Wildman–Crippen LogP) is 4.16. The maximum Gasteiger partial charge on any atom is 0.416 e. The Morgan fingerprint density at radius 2 is 1.55 bits per heavy atom. The molecular formula is C23H20F3N3O2. The summed E-state index contributed by atoms with van der Waals surface area (Å²) in [5.74, 6) is -1.44. The van der Waals surface area contributed by atoms with Gasteiger partial charge in [-0.25, -0.2) is 0 Å². The normalized spacial score (nSPS) is 12.2. The Kier molecular flexibility index (Phi) is 6.29. The lowest BCUT2D eigenvalue weighted by molar-refractivity contribution is -0.137. The van der Waals surface area contributed by atoms with Crippen LogP contribution >= 0.6 is 0 Å². The molecule has 5 nitrogen and oxygen atoms in total. The monoisotopic (exact) mass is 427 g/mol. The Morgan fingerprint density at radius 1 is 0.903 bits per heavy atom. The number of carbonyl (C=O) groups excluding carboxylic acids is 2. The molecule has 0 radical (unpaired) electrons. The summed E-state index contributed by atoms with van der Waals surface area (Å²) in [5, 5.41) is 0. The van der Waals surface area contributed by atoms with Crippen LogP contribution in [0.25, 0.3) is 0 Å². The van der Waals surface area contributed by atoms with E-state index >= 15 is 0 Å². The summed E-state index contributed by atoms with van der Waals surface area (Å²) in [7, 11) is 0. The van der Waals surface area contributed by atoms with Crippen LogP contribution in [0.1, 0.15) is 33.1 Å². The predicted molar refractivity (Wildman–Crippen MR) is 111 cm³/mol. The molecule has 1 atom stereocenters. The van der Waals surface area contributed by atoms with Gasteiger partial charge in [-0.05, 0) is 35.4 Å². The van der Waals surface area contributed by atoms with Crippen molar-refractivity contribution < 1.29 is 22.8 Å². The standard InChI is InChI=1S/C23H20F3N3O2/c24-23(25,26)17-10-6-7-15(13-17)14-29(22(31)18-11-4-5-12-19(18)27)20(21(28)30)16-8-2-1-3-9-16/h1-13,20H,14,27H2,(H2,28,30)/t20-/m1/s1. The van der Waals surface area contributed by atoms with Crippen molar-refractivity contribution in [3.8, 4) is 0 Å². The second-order valence-electron chi connectivity index (χ2n) is 6.93. The number of hydrogen-bond acceptors (Lipinski definition) is 3. The largest absolute Gasteiger partial charge is 0.416 e. The van der Waals surface area contributed by atoms with Gasteiger partial charge in [0.1, 0.15) is 6.04 Å². The third kappa shape index (κ3) is 5.03. The summed E-state index contributed by atoms with van der Waals surface area (Å²) in [4.78, 5) is 26.9. The number of amides is 2. The topological polar surface area (TPSA) is 89.4 Å². The number of benzene rings is 3. The van der Waals surface area contributed by atoms with Crippen LogP contribution in [-0.2, 0) is 17.5 Å². The Labute approximate surface area is 177 Å². The van der Waals surface area contributed by atoms with Crippen molar-refractivity contribution in [3.63, 3.8) is 0 Å². The lowest BCUT2D eigenvalue weighted by Gasteiger charge is -2.31. The third-order valence-electron chi connectivity index (χ3n) is 4.76. The minimum Gasteiger partial charge on any atom is -0.398 e. The zero-order valence-corrected chi connectivity index (χ0v) is 16.3. The first-order valence-corrected chi connectivity index (χ1v) is 9.34. The van der Waals surface area contributed by atoms with Gasteiger partial charge < -0.3 is 16.4 Å². The van der Waals surface area contributed by atoms with Crippen molar-refractivity contribution in [1.82, 2.24) is 4.90 Å². The second-order valence-corrected chi connectivity index (χ2v) is 6.93. The summed E-state index contributed by atoms with van der Waals surface area (Å²) < 4.78 is 39.5. The first-order chi connectivity index (χ1) is 14.7.